The summed E-state index contributed by atoms with van der Waals surface area (Å²) >= 11 is 0. The Morgan fingerprint density at radius 1 is 1.11 bits per heavy atom. The molecule has 0 radical (unpaired) electrons. The summed E-state index contributed by atoms with van der Waals surface area (Å²) in [7, 11) is 0. The lowest BCUT2D eigenvalue weighted by Gasteiger charge is -2.04. The molecule has 3 rings (SSSR count). The van der Waals surface area contributed by atoms with Gasteiger partial charge in [-0.2, -0.15) is 0 Å². The van der Waals surface area contributed by atoms with Crippen LogP contribution in [0.4, 0.5) is 0 Å². The van der Waals surface area contributed by atoms with Crippen LogP contribution in [-0.4, -0.2) is 20.4 Å². The van der Waals surface area contributed by atoms with E-state index in [0.29, 0.717) is 5.56 Å². The lowest BCUT2D eigenvalue weighted by molar-refractivity contribution is 1.02. The maximum atomic E-state index is 7.33. The van der Waals surface area contributed by atoms with E-state index in [1.165, 1.54) is 0 Å². The van der Waals surface area contributed by atoms with Gasteiger partial charge in [-0.05, 0) is 24.3 Å². The minimum absolute atomic E-state index is 0.0181. The van der Waals surface area contributed by atoms with Crippen molar-refractivity contribution in [2.45, 2.75) is 0 Å². The molecule has 0 aliphatic heterocycles. The van der Waals surface area contributed by atoms with Gasteiger partial charge in [0.1, 0.15) is 18.0 Å². The number of nitrogens with one attached hydrogen (secondary N) is 1. The second-order valence-corrected chi connectivity index (χ2v) is 3.92. The predicted molar refractivity (Wildman–Crippen MR) is 69.9 cm³/mol. The third kappa shape index (κ3) is 1.62. The number of para-hydroxylation sites is 2. The molecular weight excluding hydrogens is 226 g/mol. The van der Waals surface area contributed by atoms with E-state index < -0.39 is 0 Å². The Kier molecular flexibility index (Phi) is 2.30. The molecule has 0 fully saturated rings. The molecule has 88 valence electrons. The summed E-state index contributed by atoms with van der Waals surface area (Å²) in [5.74, 6) is 0.776. The smallest absolute Gasteiger partial charge is 0.138 e. The van der Waals surface area contributed by atoms with Gasteiger partial charge in [-0.15, -0.1) is 0 Å². The Balaban J connectivity index is 2.12. The molecule has 0 unspecified atom stereocenters. The molecule has 0 atom stereocenters. The number of imidazole rings is 1. The number of amidine groups is 1. The van der Waals surface area contributed by atoms with E-state index in [2.05, 4.69) is 9.97 Å². The Labute approximate surface area is 103 Å². The second-order valence-electron chi connectivity index (χ2n) is 3.92. The van der Waals surface area contributed by atoms with Crippen LogP contribution in [0.3, 0.4) is 0 Å². The van der Waals surface area contributed by atoms with Crippen molar-refractivity contribution in [3.05, 3.63) is 54.5 Å². The minimum atomic E-state index is 0.0181. The molecule has 18 heavy (non-hydrogen) atoms. The van der Waals surface area contributed by atoms with E-state index in [0.717, 1.165) is 16.9 Å². The summed E-state index contributed by atoms with van der Waals surface area (Å²) in [6.45, 7) is 0. The molecule has 2 aromatic heterocycles. The van der Waals surface area contributed by atoms with Crippen molar-refractivity contribution in [2.24, 2.45) is 5.73 Å². The lowest BCUT2D eigenvalue weighted by Crippen LogP contribution is -2.11. The molecule has 2 heterocycles. The zero-order chi connectivity index (χ0) is 12.5. The van der Waals surface area contributed by atoms with Crippen LogP contribution in [0.5, 0.6) is 0 Å². The van der Waals surface area contributed by atoms with Crippen LogP contribution in [0.15, 0.2) is 48.9 Å². The monoisotopic (exact) mass is 237 g/mol. The number of aromatic nitrogens is 3. The van der Waals surface area contributed by atoms with Gasteiger partial charge < -0.3 is 5.73 Å². The first-order chi connectivity index (χ1) is 8.75. The zero-order valence-corrected chi connectivity index (χ0v) is 9.54. The molecule has 1 aromatic carbocycles. The van der Waals surface area contributed by atoms with Gasteiger partial charge in [-0.25, -0.2) is 9.97 Å². The summed E-state index contributed by atoms with van der Waals surface area (Å²) in [5.41, 5.74) is 7.94. The Bertz CT molecular complexity index is 712. The van der Waals surface area contributed by atoms with E-state index in [1.807, 2.05) is 34.9 Å². The molecule has 5 heteroatoms. The van der Waals surface area contributed by atoms with Gasteiger partial charge >= 0.3 is 0 Å². The molecule has 0 saturated heterocycles. The number of benzene rings is 1. The second kappa shape index (κ2) is 3.96. The summed E-state index contributed by atoms with van der Waals surface area (Å²) in [6.07, 6.45) is 3.33. The molecule has 0 saturated carbocycles. The first-order valence-electron chi connectivity index (χ1n) is 5.48. The topological polar surface area (TPSA) is 80.6 Å². The SMILES string of the molecule is N=C(N)c1ccc(-n2cnc3ccccc32)nc1. The predicted octanol–water partition coefficient (Wildman–Crippen LogP) is 1.70. The van der Waals surface area contributed by atoms with Gasteiger partial charge in [-0.3, -0.25) is 9.98 Å². The molecule has 5 nitrogen and oxygen atoms in total. The number of nitrogen functional groups attached to an aromatic ring is 1. The fourth-order valence-electron chi connectivity index (χ4n) is 1.83. The highest BCUT2D eigenvalue weighted by atomic mass is 15.1. The first-order valence-corrected chi connectivity index (χ1v) is 5.48. The average molecular weight is 237 g/mol. The Hall–Kier alpha value is -2.69. The molecule has 0 amide bonds. The fourth-order valence-corrected chi connectivity index (χ4v) is 1.83. The van der Waals surface area contributed by atoms with E-state index in [1.54, 1.807) is 18.6 Å². The first kappa shape index (κ1) is 10.5. The van der Waals surface area contributed by atoms with Crippen LogP contribution in [0.1, 0.15) is 5.56 Å². The maximum Gasteiger partial charge on any atom is 0.138 e. The number of nitrogens with zero attached hydrogens (tertiary/aromatic N) is 3. The van der Waals surface area contributed by atoms with Crippen molar-refractivity contribution in [1.29, 1.82) is 5.41 Å². The number of nitrogens with two attached hydrogens (primary N) is 1. The average Bonchev–Trinajstić information content (AvgIpc) is 2.82. The van der Waals surface area contributed by atoms with Crippen molar-refractivity contribution in [3.8, 4) is 5.82 Å². The van der Waals surface area contributed by atoms with Gasteiger partial charge in [-0.1, -0.05) is 12.1 Å². The van der Waals surface area contributed by atoms with Crippen molar-refractivity contribution in [2.75, 3.05) is 0 Å². The van der Waals surface area contributed by atoms with Crippen molar-refractivity contribution >= 4 is 16.9 Å². The number of hydrogen-bond donors (Lipinski definition) is 2. The Morgan fingerprint density at radius 3 is 2.67 bits per heavy atom. The van der Waals surface area contributed by atoms with Crippen molar-refractivity contribution in [3.63, 3.8) is 0 Å². The van der Waals surface area contributed by atoms with Crippen molar-refractivity contribution < 1.29 is 0 Å². The number of hydrogen-bond acceptors (Lipinski definition) is 3. The molecule has 3 aromatic rings. The van der Waals surface area contributed by atoms with Crippen LogP contribution in [0.25, 0.3) is 16.9 Å². The summed E-state index contributed by atoms with van der Waals surface area (Å²) < 4.78 is 1.90. The van der Waals surface area contributed by atoms with E-state index in [-0.39, 0.29) is 5.84 Å². The van der Waals surface area contributed by atoms with Gasteiger partial charge in [0, 0.05) is 11.8 Å². The number of pyridine rings is 1. The highest BCUT2D eigenvalue weighted by molar-refractivity contribution is 5.94. The van der Waals surface area contributed by atoms with Crippen molar-refractivity contribution in [1.82, 2.24) is 14.5 Å². The zero-order valence-electron chi connectivity index (χ0n) is 9.54. The van der Waals surface area contributed by atoms with Crippen LogP contribution >= 0.6 is 0 Å². The maximum absolute atomic E-state index is 7.33. The third-order valence-electron chi connectivity index (χ3n) is 2.76. The molecule has 0 bridgehead atoms. The normalized spacial score (nSPS) is 10.7. The van der Waals surface area contributed by atoms with Gasteiger partial charge in [0.2, 0.25) is 0 Å². The fraction of sp³-hybridized carbons (Fsp3) is 0. The van der Waals surface area contributed by atoms with E-state index in [9.17, 15) is 0 Å². The van der Waals surface area contributed by atoms with E-state index in [4.69, 9.17) is 11.1 Å². The van der Waals surface area contributed by atoms with E-state index >= 15 is 0 Å². The van der Waals surface area contributed by atoms with Crippen LogP contribution in [0, 0.1) is 5.41 Å². The largest absolute Gasteiger partial charge is 0.384 e. The molecule has 3 N–H and O–H groups in total. The quantitative estimate of drug-likeness (QED) is 0.526. The molecule has 0 spiro atoms. The van der Waals surface area contributed by atoms with Crippen LogP contribution in [-0.2, 0) is 0 Å². The lowest BCUT2D eigenvalue weighted by atomic mass is 10.2. The van der Waals surface area contributed by atoms with Crippen LogP contribution < -0.4 is 5.73 Å². The molecular formula is C13H11N5. The number of fused-ring (bicyclic) bond motifs is 1. The minimum Gasteiger partial charge on any atom is -0.384 e. The number of rotatable bonds is 2. The summed E-state index contributed by atoms with van der Waals surface area (Å²) in [6, 6.07) is 11.5. The highest BCUT2D eigenvalue weighted by Crippen LogP contribution is 2.16. The molecule has 0 aliphatic carbocycles. The third-order valence-corrected chi connectivity index (χ3v) is 2.76. The highest BCUT2D eigenvalue weighted by Gasteiger charge is 2.05. The van der Waals surface area contributed by atoms with Gasteiger partial charge in [0.25, 0.3) is 0 Å². The summed E-state index contributed by atoms with van der Waals surface area (Å²) in [4.78, 5) is 8.60. The summed E-state index contributed by atoms with van der Waals surface area (Å²) in [5, 5.41) is 7.33. The van der Waals surface area contributed by atoms with Crippen LogP contribution in [0.2, 0.25) is 0 Å². The van der Waals surface area contributed by atoms with Gasteiger partial charge in [0.05, 0.1) is 11.0 Å². The standard InChI is InChI=1S/C13H11N5/c14-13(15)9-5-6-12(16-7-9)18-8-17-10-3-1-2-4-11(10)18/h1-8H,(H3,14,15). The molecule has 0 aliphatic rings. The Morgan fingerprint density at radius 2 is 1.94 bits per heavy atom. The van der Waals surface area contributed by atoms with Gasteiger partial charge in [0.15, 0.2) is 0 Å².